The van der Waals surface area contributed by atoms with Crippen LogP contribution in [0.5, 0.6) is 5.75 Å². The van der Waals surface area contributed by atoms with Crippen LogP contribution in [0, 0.1) is 11.3 Å². The van der Waals surface area contributed by atoms with Gasteiger partial charge in [0.05, 0.1) is 16.8 Å². The maximum absolute atomic E-state index is 10.8. The number of nitriles is 1. The van der Waals surface area contributed by atoms with Crippen molar-refractivity contribution in [1.29, 1.82) is 5.26 Å². The van der Waals surface area contributed by atoms with Crippen LogP contribution in [0.15, 0.2) is 27.8 Å². The average molecular weight is 311 g/mol. The lowest BCUT2D eigenvalue weighted by Gasteiger charge is -2.07. The number of hydrogen-bond acceptors (Lipinski definition) is 5. The van der Waals surface area contributed by atoms with E-state index in [1.807, 2.05) is 6.92 Å². The quantitative estimate of drug-likeness (QED) is 0.637. The molecule has 0 fully saturated rings. The van der Waals surface area contributed by atoms with Crippen molar-refractivity contribution in [3.63, 3.8) is 0 Å². The molecule has 1 amide bonds. The zero-order valence-electron chi connectivity index (χ0n) is 9.61. The maximum atomic E-state index is 10.8. The van der Waals surface area contributed by atoms with Crippen LogP contribution in [-0.2, 0) is 4.79 Å². The van der Waals surface area contributed by atoms with Crippen molar-refractivity contribution in [3.8, 4) is 11.8 Å². The van der Waals surface area contributed by atoms with Crippen molar-refractivity contribution < 1.29 is 9.53 Å². The summed E-state index contributed by atoms with van der Waals surface area (Å²) in [6, 6.07) is 6.76. The summed E-state index contributed by atoms with van der Waals surface area (Å²) < 4.78 is 6.17. The Labute approximate surface area is 113 Å². The van der Waals surface area contributed by atoms with Crippen molar-refractivity contribution in [2.24, 2.45) is 10.8 Å². The smallest absolute Gasteiger partial charge is 0.280 e. The summed E-state index contributed by atoms with van der Waals surface area (Å²) in [6.07, 6.45) is 0. The summed E-state index contributed by atoms with van der Waals surface area (Å²) in [5, 5.41) is 12.2. The molecule has 0 saturated carbocycles. The van der Waals surface area contributed by atoms with Crippen LogP contribution >= 0.6 is 15.9 Å². The lowest BCUT2D eigenvalue weighted by molar-refractivity contribution is -0.111. The fraction of sp³-hybridized carbons (Fsp3) is 0.182. The van der Waals surface area contributed by atoms with E-state index < -0.39 is 11.6 Å². The Morgan fingerprint density at radius 3 is 2.94 bits per heavy atom. The summed E-state index contributed by atoms with van der Waals surface area (Å²) in [6.45, 7) is 2.39. The standard InChI is InChI=1S/C11H11BrN4O2/c1-2-18-10-5-7(3-4-8(10)12)15-16-9(6-13)11(14)17/h3-5,15H,2H2,1H3,(H2,14,17)/b16-9-. The van der Waals surface area contributed by atoms with Crippen molar-refractivity contribution in [1.82, 2.24) is 0 Å². The number of nitrogens with two attached hydrogens (primary N) is 1. The van der Waals surface area contributed by atoms with Crippen LogP contribution in [0.1, 0.15) is 6.92 Å². The number of primary amides is 1. The number of benzene rings is 1. The van der Waals surface area contributed by atoms with Crippen LogP contribution in [0.2, 0.25) is 0 Å². The molecule has 7 heteroatoms. The first-order valence-electron chi connectivity index (χ1n) is 5.04. The first-order chi connectivity index (χ1) is 8.58. The highest BCUT2D eigenvalue weighted by Gasteiger charge is 2.06. The Balaban J connectivity index is 2.89. The molecule has 1 aromatic rings. The van der Waals surface area contributed by atoms with Crippen LogP contribution in [0.4, 0.5) is 5.69 Å². The Hall–Kier alpha value is -2.07. The van der Waals surface area contributed by atoms with E-state index in [0.29, 0.717) is 18.0 Å². The van der Waals surface area contributed by atoms with Gasteiger partial charge in [-0.2, -0.15) is 10.4 Å². The number of hydrogen-bond donors (Lipinski definition) is 2. The Morgan fingerprint density at radius 2 is 2.39 bits per heavy atom. The van der Waals surface area contributed by atoms with Gasteiger partial charge < -0.3 is 10.5 Å². The summed E-state index contributed by atoms with van der Waals surface area (Å²) >= 11 is 3.33. The third kappa shape index (κ3) is 3.75. The normalized spacial score (nSPS) is 10.6. The Morgan fingerprint density at radius 1 is 1.67 bits per heavy atom. The van der Waals surface area contributed by atoms with Gasteiger partial charge in [-0.25, -0.2) is 0 Å². The number of nitrogens with zero attached hydrogens (tertiary/aromatic N) is 2. The van der Waals surface area contributed by atoms with Crippen LogP contribution in [0.25, 0.3) is 0 Å². The van der Waals surface area contributed by atoms with Crippen molar-refractivity contribution in [2.75, 3.05) is 12.0 Å². The molecule has 18 heavy (non-hydrogen) atoms. The molecule has 6 nitrogen and oxygen atoms in total. The molecular weight excluding hydrogens is 300 g/mol. The number of carbonyl (C=O) groups excluding carboxylic acids is 1. The van der Waals surface area contributed by atoms with E-state index in [1.54, 1.807) is 24.3 Å². The highest BCUT2D eigenvalue weighted by molar-refractivity contribution is 9.10. The van der Waals surface area contributed by atoms with Crippen LogP contribution in [-0.4, -0.2) is 18.2 Å². The average Bonchev–Trinajstić information content (AvgIpc) is 2.33. The van der Waals surface area contributed by atoms with Crippen molar-refractivity contribution in [2.45, 2.75) is 6.92 Å². The van der Waals surface area contributed by atoms with Gasteiger partial charge in [-0.3, -0.25) is 10.2 Å². The zero-order chi connectivity index (χ0) is 13.5. The first-order valence-corrected chi connectivity index (χ1v) is 5.83. The second kappa shape index (κ2) is 6.61. The lowest BCUT2D eigenvalue weighted by Crippen LogP contribution is -2.22. The third-order valence-electron chi connectivity index (χ3n) is 1.87. The second-order valence-corrected chi connectivity index (χ2v) is 3.98. The minimum absolute atomic E-state index is 0.393. The van der Waals surface area contributed by atoms with E-state index in [4.69, 9.17) is 15.7 Å². The fourth-order valence-electron chi connectivity index (χ4n) is 1.09. The summed E-state index contributed by atoms with van der Waals surface area (Å²) in [7, 11) is 0. The van der Waals surface area contributed by atoms with Gasteiger partial charge in [0, 0.05) is 6.07 Å². The second-order valence-electron chi connectivity index (χ2n) is 3.13. The van der Waals surface area contributed by atoms with Gasteiger partial charge in [0.1, 0.15) is 11.8 Å². The molecule has 1 rings (SSSR count). The molecule has 94 valence electrons. The van der Waals surface area contributed by atoms with Gasteiger partial charge in [0.2, 0.25) is 5.71 Å². The molecule has 0 bridgehead atoms. The van der Waals surface area contributed by atoms with E-state index in [1.165, 1.54) is 0 Å². The van der Waals surface area contributed by atoms with Gasteiger partial charge in [-0.15, -0.1) is 0 Å². The van der Waals surface area contributed by atoms with Crippen molar-refractivity contribution in [3.05, 3.63) is 22.7 Å². The van der Waals surface area contributed by atoms with Gasteiger partial charge in [0.15, 0.2) is 0 Å². The van der Waals surface area contributed by atoms with Gasteiger partial charge in [-0.1, -0.05) is 0 Å². The maximum Gasteiger partial charge on any atom is 0.280 e. The van der Waals surface area contributed by atoms with Gasteiger partial charge in [0.25, 0.3) is 5.91 Å². The number of amides is 1. The molecule has 0 aliphatic rings. The fourth-order valence-corrected chi connectivity index (χ4v) is 1.46. The highest BCUT2D eigenvalue weighted by atomic mass is 79.9. The van der Waals surface area contributed by atoms with Gasteiger partial charge in [-0.05, 0) is 35.0 Å². The molecule has 0 radical (unpaired) electrons. The summed E-state index contributed by atoms with van der Waals surface area (Å²) in [5.74, 6) is -0.248. The predicted molar refractivity (Wildman–Crippen MR) is 71.2 cm³/mol. The number of hydrazone groups is 1. The number of carbonyl (C=O) groups is 1. The van der Waals surface area contributed by atoms with Crippen LogP contribution in [0.3, 0.4) is 0 Å². The molecule has 0 heterocycles. The third-order valence-corrected chi connectivity index (χ3v) is 2.52. The Kier molecular flexibility index (Phi) is 5.14. The Bertz CT molecular complexity index is 522. The molecule has 0 aliphatic carbocycles. The number of ether oxygens (including phenoxy) is 1. The molecule has 1 aromatic carbocycles. The van der Waals surface area contributed by atoms with E-state index in [9.17, 15) is 4.79 Å². The molecule has 0 saturated heterocycles. The predicted octanol–water partition coefficient (Wildman–Crippen LogP) is 1.62. The summed E-state index contributed by atoms with van der Waals surface area (Å²) in [5.41, 5.74) is 7.70. The van der Waals surface area contributed by atoms with E-state index in [0.717, 1.165) is 4.47 Å². The topological polar surface area (TPSA) is 100 Å². The number of halogens is 1. The molecule has 0 atom stereocenters. The highest BCUT2D eigenvalue weighted by Crippen LogP contribution is 2.28. The molecule has 0 unspecified atom stereocenters. The zero-order valence-corrected chi connectivity index (χ0v) is 11.2. The molecule has 3 N–H and O–H groups in total. The lowest BCUT2D eigenvalue weighted by atomic mass is 10.3. The minimum atomic E-state index is -0.882. The first kappa shape index (κ1) is 14.0. The molecule has 0 spiro atoms. The monoisotopic (exact) mass is 310 g/mol. The van der Waals surface area contributed by atoms with E-state index in [2.05, 4.69) is 26.5 Å². The van der Waals surface area contributed by atoms with Gasteiger partial charge >= 0.3 is 0 Å². The largest absolute Gasteiger partial charge is 0.493 e. The molecule has 0 aromatic heterocycles. The molecular formula is C11H11BrN4O2. The SMILES string of the molecule is CCOc1cc(N/N=C(/C#N)C(N)=O)ccc1Br. The summed E-state index contributed by atoms with van der Waals surface area (Å²) in [4.78, 5) is 10.8. The van der Waals surface area contributed by atoms with E-state index in [-0.39, 0.29) is 0 Å². The number of anilines is 1. The molecule has 0 aliphatic heterocycles. The van der Waals surface area contributed by atoms with Crippen LogP contribution < -0.4 is 15.9 Å². The minimum Gasteiger partial charge on any atom is -0.493 e. The van der Waals surface area contributed by atoms with E-state index >= 15 is 0 Å². The number of nitrogens with one attached hydrogen (secondary N) is 1. The van der Waals surface area contributed by atoms with Crippen molar-refractivity contribution >= 4 is 33.2 Å². The number of rotatable bonds is 5.